The molecular weight excluding hydrogens is 502 g/mol. The Morgan fingerprint density at radius 2 is 1.85 bits per heavy atom. The molecule has 1 aromatic rings. The fraction of sp³-hybridized carbons (Fsp3) is 0.609. The Balaban J connectivity index is 3.27. The summed E-state index contributed by atoms with van der Waals surface area (Å²) in [6.45, 7) is 10.4. The molecule has 0 aliphatic carbocycles. The molecule has 33 heavy (non-hydrogen) atoms. The van der Waals surface area contributed by atoms with Gasteiger partial charge in [0.1, 0.15) is 17.4 Å². The number of hydrogen-bond acceptors (Lipinski definition) is 6. The molecular formula is C23H33BrF2N2O5. The average molecular weight is 535 g/mol. The summed E-state index contributed by atoms with van der Waals surface area (Å²) in [5.74, 6) is -2.85. The van der Waals surface area contributed by atoms with Crippen molar-refractivity contribution < 1.29 is 32.6 Å². The maximum Gasteiger partial charge on any atom is 0.408 e. The van der Waals surface area contributed by atoms with Crippen LogP contribution < -0.4 is 10.6 Å². The third kappa shape index (κ3) is 9.75. The summed E-state index contributed by atoms with van der Waals surface area (Å²) in [6, 6.07) is 1.29. The van der Waals surface area contributed by atoms with Gasteiger partial charge in [-0.05, 0) is 52.2 Å². The molecule has 0 radical (unpaired) electrons. The van der Waals surface area contributed by atoms with E-state index >= 15 is 0 Å². The van der Waals surface area contributed by atoms with Gasteiger partial charge in [-0.25, -0.2) is 13.6 Å². The molecule has 186 valence electrons. The van der Waals surface area contributed by atoms with Crippen LogP contribution in [0.2, 0.25) is 0 Å². The lowest BCUT2D eigenvalue weighted by molar-refractivity contribution is -0.143. The number of ether oxygens (including phenoxy) is 2. The van der Waals surface area contributed by atoms with Gasteiger partial charge in [0.2, 0.25) is 0 Å². The van der Waals surface area contributed by atoms with Gasteiger partial charge in [-0.1, -0.05) is 29.8 Å². The van der Waals surface area contributed by atoms with Crippen LogP contribution in [0.25, 0.3) is 0 Å². The molecule has 1 aromatic carbocycles. The van der Waals surface area contributed by atoms with Crippen molar-refractivity contribution >= 4 is 34.3 Å². The van der Waals surface area contributed by atoms with Gasteiger partial charge in [0.25, 0.3) is 0 Å². The SMILES string of the molecule is CCOC(=O)C[C@H](NC[C@@](C=O)(CC(C)C)NC(=O)OC(C)(C)C)c1cc(Br)cc(F)c1F. The Kier molecular flexibility index (Phi) is 10.9. The Hall–Kier alpha value is -2.07. The van der Waals surface area contributed by atoms with Gasteiger partial charge in [-0.3, -0.25) is 4.79 Å². The second kappa shape index (κ2) is 12.4. The van der Waals surface area contributed by atoms with Gasteiger partial charge in [0.05, 0.1) is 13.0 Å². The predicted octanol–water partition coefficient (Wildman–Crippen LogP) is 4.82. The zero-order chi connectivity index (χ0) is 25.4. The number of amides is 1. The highest BCUT2D eigenvalue weighted by Gasteiger charge is 2.36. The number of aldehydes is 1. The molecule has 0 saturated carbocycles. The number of nitrogens with one attached hydrogen (secondary N) is 2. The van der Waals surface area contributed by atoms with Crippen molar-refractivity contribution in [3.8, 4) is 0 Å². The quantitative estimate of drug-likeness (QED) is 0.240. The summed E-state index contributed by atoms with van der Waals surface area (Å²) in [5, 5.41) is 5.56. The highest BCUT2D eigenvalue weighted by Crippen LogP contribution is 2.28. The van der Waals surface area contributed by atoms with Crippen LogP contribution in [0.4, 0.5) is 13.6 Å². The van der Waals surface area contributed by atoms with Crippen LogP contribution in [0, 0.1) is 17.6 Å². The third-order valence-electron chi connectivity index (χ3n) is 4.48. The van der Waals surface area contributed by atoms with Crippen molar-refractivity contribution in [2.75, 3.05) is 13.2 Å². The van der Waals surface area contributed by atoms with E-state index in [-0.39, 0.29) is 41.9 Å². The minimum Gasteiger partial charge on any atom is -0.466 e. The fourth-order valence-electron chi connectivity index (χ4n) is 3.34. The number of carbonyl (C=O) groups is 3. The molecule has 0 aliphatic rings. The molecule has 0 bridgehead atoms. The van der Waals surface area contributed by atoms with Crippen molar-refractivity contribution in [2.24, 2.45) is 5.92 Å². The predicted molar refractivity (Wildman–Crippen MR) is 124 cm³/mol. The van der Waals surface area contributed by atoms with Crippen molar-refractivity contribution in [1.29, 1.82) is 0 Å². The Labute approximate surface area is 202 Å². The van der Waals surface area contributed by atoms with E-state index in [4.69, 9.17) is 9.47 Å². The molecule has 10 heteroatoms. The summed E-state index contributed by atoms with van der Waals surface area (Å²) >= 11 is 3.13. The largest absolute Gasteiger partial charge is 0.466 e. The average Bonchev–Trinajstić information content (AvgIpc) is 2.66. The molecule has 7 nitrogen and oxygen atoms in total. The van der Waals surface area contributed by atoms with Crippen LogP contribution in [0.5, 0.6) is 0 Å². The van der Waals surface area contributed by atoms with Gasteiger partial charge in [-0.2, -0.15) is 0 Å². The first-order valence-corrected chi connectivity index (χ1v) is 11.5. The number of rotatable bonds is 11. The smallest absolute Gasteiger partial charge is 0.408 e. The summed E-state index contributed by atoms with van der Waals surface area (Å²) < 4.78 is 39.2. The minimum atomic E-state index is -1.41. The van der Waals surface area contributed by atoms with E-state index in [1.807, 2.05) is 13.8 Å². The molecule has 0 aliphatic heterocycles. The molecule has 2 N–H and O–H groups in total. The van der Waals surface area contributed by atoms with E-state index in [1.54, 1.807) is 27.7 Å². The standard InChI is InChI=1S/C23H33BrF2N2O5/c1-7-32-19(30)10-18(16-8-15(24)9-17(25)20(16)26)27-12-23(13-29,11-14(2)3)28-21(31)33-22(4,5)6/h8-9,13-14,18,27H,7,10-12H2,1-6H3,(H,28,31)/t18-,23+/m0/s1. The topological polar surface area (TPSA) is 93.7 Å². The Bertz CT molecular complexity index is 845. The van der Waals surface area contributed by atoms with E-state index < -0.39 is 40.9 Å². The molecule has 0 fully saturated rings. The summed E-state index contributed by atoms with van der Waals surface area (Å²) in [4.78, 5) is 36.8. The lowest BCUT2D eigenvalue weighted by Gasteiger charge is -2.34. The van der Waals surface area contributed by atoms with Crippen molar-refractivity contribution in [1.82, 2.24) is 10.6 Å². The van der Waals surface area contributed by atoms with Crippen molar-refractivity contribution in [3.63, 3.8) is 0 Å². The number of benzene rings is 1. The fourth-order valence-corrected chi connectivity index (χ4v) is 3.78. The summed E-state index contributed by atoms with van der Waals surface area (Å²) in [5.41, 5.74) is -2.31. The first kappa shape index (κ1) is 29.0. The van der Waals surface area contributed by atoms with Gasteiger partial charge in [0.15, 0.2) is 11.6 Å². The van der Waals surface area contributed by atoms with E-state index in [0.717, 1.165) is 6.07 Å². The molecule has 0 unspecified atom stereocenters. The molecule has 2 atom stereocenters. The third-order valence-corrected chi connectivity index (χ3v) is 4.94. The summed E-state index contributed by atoms with van der Waals surface area (Å²) in [7, 11) is 0. The van der Waals surface area contributed by atoms with E-state index in [9.17, 15) is 23.2 Å². The van der Waals surface area contributed by atoms with Gasteiger partial charge in [0, 0.05) is 22.6 Å². The van der Waals surface area contributed by atoms with Crippen LogP contribution in [-0.4, -0.2) is 42.6 Å². The van der Waals surface area contributed by atoms with Crippen LogP contribution in [0.3, 0.4) is 0 Å². The lowest BCUT2D eigenvalue weighted by atomic mass is 9.89. The second-order valence-corrected chi connectivity index (χ2v) is 10.1. The van der Waals surface area contributed by atoms with E-state index in [2.05, 4.69) is 26.6 Å². The molecule has 0 spiro atoms. The Morgan fingerprint density at radius 3 is 2.36 bits per heavy atom. The van der Waals surface area contributed by atoms with Crippen LogP contribution in [-0.2, 0) is 19.1 Å². The van der Waals surface area contributed by atoms with Crippen LogP contribution in [0.15, 0.2) is 16.6 Å². The first-order chi connectivity index (χ1) is 15.2. The highest BCUT2D eigenvalue weighted by molar-refractivity contribution is 9.10. The van der Waals surface area contributed by atoms with Gasteiger partial charge in [-0.15, -0.1) is 0 Å². The first-order valence-electron chi connectivity index (χ1n) is 10.7. The zero-order valence-corrected chi connectivity index (χ0v) is 21.5. The maximum atomic E-state index is 14.6. The number of hydrogen-bond donors (Lipinski definition) is 2. The normalized spacial score (nSPS) is 14.4. The lowest BCUT2D eigenvalue weighted by Crippen LogP contribution is -2.58. The molecule has 1 rings (SSSR count). The number of alkyl carbamates (subject to hydrolysis) is 1. The summed E-state index contributed by atoms with van der Waals surface area (Å²) in [6.07, 6.45) is -0.282. The highest BCUT2D eigenvalue weighted by atomic mass is 79.9. The minimum absolute atomic E-state index is 0.00417. The second-order valence-electron chi connectivity index (χ2n) is 9.23. The Morgan fingerprint density at radius 1 is 1.21 bits per heavy atom. The van der Waals surface area contributed by atoms with Gasteiger partial charge < -0.3 is 24.9 Å². The number of halogens is 3. The molecule has 1 amide bonds. The molecule has 0 heterocycles. The van der Waals surface area contributed by atoms with Crippen molar-refractivity contribution in [2.45, 2.75) is 71.6 Å². The molecule has 0 aromatic heterocycles. The molecule has 0 saturated heterocycles. The van der Waals surface area contributed by atoms with Crippen molar-refractivity contribution in [3.05, 3.63) is 33.8 Å². The number of esters is 1. The van der Waals surface area contributed by atoms with Gasteiger partial charge >= 0.3 is 12.1 Å². The zero-order valence-electron chi connectivity index (χ0n) is 19.9. The van der Waals surface area contributed by atoms with E-state index in [1.165, 1.54) is 6.07 Å². The van der Waals surface area contributed by atoms with Crippen LogP contribution >= 0.6 is 15.9 Å². The van der Waals surface area contributed by atoms with Crippen LogP contribution in [0.1, 0.15) is 66.0 Å². The number of carbonyl (C=O) groups excluding carboxylic acids is 3. The van der Waals surface area contributed by atoms with E-state index in [0.29, 0.717) is 6.29 Å². The maximum absolute atomic E-state index is 14.6. The monoisotopic (exact) mass is 534 g/mol.